The van der Waals surface area contributed by atoms with Crippen LogP contribution in [-0.4, -0.2) is 36.3 Å². The second-order valence-electron chi connectivity index (χ2n) is 3.24. The largest absolute Gasteiger partial charge is 0.462 e. The zero-order valence-corrected chi connectivity index (χ0v) is 8.71. The van der Waals surface area contributed by atoms with Crippen LogP contribution in [0.2, 0.25) is 0 Å². The fourth-order valence-electron chi connectivity index (χ4n) is 1.47. The first-order chi connectivity index (χ1) is 7.74. The van der Waals surface area contributed by atoms with Gasteiger partial charge in [0.1, 0.15) is 5.57 Å². The number of Topliss-reactive ketones (excluding diaryl/α,β-unsaturated/α-hetero) is 1. The average Bonchev–Trinajstić information content (AvgIpc) is 2.30. The van der Waals surface area contributed by atoms with E-state index in [1.54, 1.807) is 19.1 Å². The van der Waals surface area contributed by atoms with Crippen LogP contribution in [0.15, 0.2) is 33.9 Å². The third kappa shape index (κ3) is 1.71. The topological polar surface area (TPSA) is 68.1 Å². The van der Waals surface area contributed by atoms with Crippen molar-refractivity contribution in [3.05, 3.63) is 23.9 Å². The number of ketones is 1. The van der Waals surface area contributed by atoms with Crippen molar-refractivity contribution in [1.29, 1.82) is 0 Å². The summed E-state index contributed by atoms with van der Waals surface area (Å²) in [6.07, 6.45) is 6.17. The molecule has 2 heterocycles. The maximum Gasteiger partial charge on any atom is 0.343 e. The standard InChI is InChI=1S/C11H10N2O3/c1-2-16-11(15)7-6-13-8-4-3-5-12-9(8)10(7)14/h3-6,9H,2H2,1H3. The smallest absolute Gasteiger partial charge is 0.343 e. The summed E-state index contributed by atoms with van der Waals surface area (Å²) in [6.45, 7) is 1.91. The molecule has 1 unspecified atom stereocenters. The van der Waals surface area contributed by atoms with Crippen LogP contribution < -0.4 is 0 Å². The fraction of sp³-hybridized carbons (Fsp3) is 0.273. The van der Waals surface area contributed by atoms with Gasteiger partial charge in [0.15, 0.2) is 6.04 Å². The number of rotatable bonds is 2. The molecule has 2 aliphatic rings. The molecule has 5 nitrogen and oxygen atoms in total. The molecule has 0 N–H and O–H groups in total. The SMILES string of the molecule is CCOC(=O)C1=CN=C2C=CC=NC2C1=O. The maximum absolute atomic E-state index is 11.9. The first kappa shape index (κ1) is 10.5. The van der Waals surface area contributed by atoms with Crippen LogP contribution in [0.1, 0.15) is 6.92 Å². The molecule has 0 amide bonds. The Labute approximate surface area is 92.2 Å². The van der Waals surface area contributed by atoms with Gasteiger partial charge in [-0.15, -0.1) is 0 Å². The van der Waals surface area contributed by atoms with Crippen molar-refractivity contribution < 1.29 is 14.3 Å². The molecule has 5 heteroatoms. The Bertz CT molecular complexity index is 458. The molecule has 0 spiro atoms. The van der Waals surface area contributed by atoms with E-state index in [0.29, 0.717) is 5.71 Å². The molecular weight excluding hydrogens is 208 g/mol. The minimum atomic E-state index is -0.686. The van der Waals surface area contributed by atoms with Crippen LogP contribution in [0, 0.1) is 0 Å². The molecule has 0 bridgehead atoms. The summed E-state index contributed by atoms with van der Waals surface area (Å²) in [5, 5.41) is 0. The maximum atomic E-state index is 11.9. The van der Waals surface area contributed by atoms with Crippen LogP contribution in [0.5, 0.6) is 0 Å². The number of allylic oxidation sites excluding steroid dienone is 1. The highest BCUT2D eigenvalue weighted by atomic mass is 16.5. The molecule has 2 rings (SSSR count). The normalized spacial score (nSPS) is 22.3. The molecular formula is C11H10N2O3. The van der Waals surface area contributed by atoms with Crippen molar-refractivity contribution in [2.75, 3.05) is 6.61 Å². The highest BCUT2D eigenvalue weighted by Crippen LogP contribution is 2.16. The highest BCUT2D eigenvalue weighted by Gasteiger charge is 2.33. The van der Waals surface area contributed by atoms with Gasteiger partial charge in [-0.05, 0) is 19.1 Å². The third-order valence-electron chi connectivity index (χ3n) is 2.22. The lowest BCUT2D eigenvalue weighted by molar-refractivity contribution is -0.140. The van der Waals surface area contributed by atoms with Crippen LogP contribution in [0.4, 0.5) is 0 Å². The lowest BCUT2D eigenvalue weighted by Crippen LogP contribution is -2.35. The molecule has 16 heavy (non-hydrogen) atoms. The number of esters is 1. The predicted octanol–water partition coefficient (Wildman–Crippen LogP) is 0.466. The highest BCUT2D eigenvalue weighted by molar-refractivity contribution is 6.30. The molecule has 0 saturated heterocycles. The van der Waals surface area contributed by atoms with E-state index in [2.05, 4.69) is 9.98 Å². The van der Waals surface area contributed by atoms with E-state index in [-0.39, 0.29) is 18.0 Å². The third-order valence-corrected chi connectivity index (χ3v) is 2.22. The minimum Gasteiger partial charge on any atom is -0.462 e. The fourth-order valence-corrected chi connectivity index (χ4v) is 1.47. The van der Waals surface area contributed by atoms with Gasteiger partial charge < -0.3 is 4.74 Å². The molecule has 0 aromatic heterocycles. The summed E-state index contributed by atoms with van der Waals surface area (Å²) in [4.78, 5) is 31.3. The summed E-state index contributed by atoms with van der Waals surface area (Å²) < 4.78 is 4.76. The molecule has 0 saturated carbocycles. The first-order valence-corrected chi connectivity index (χ1v) is 4.93. The van der Waals surface area contributed by atoms with Crippen molar-refractivity contribution in [1.82, 2.24) is 0 Å². The lowest BCUT2D eigenvalue weighted by atomic mass is 9.97. The van der Waals surface area contributed by atoms with E-state index < -0.39 is 12.0 Å². The second-order valence-corrected chi connectivity index (χ2v) is 3.24. The molecule has 1 atom stereocenters. The number of nitrogens with zero attached hydrogens (tertiary/aromatic N) is 2. The van der Waals surface area contributed by atoms with Gasteiger partial charge in [-0.25, -0.2) is 4.79 Å². The van der Waals surface area contributed by atoms with Crippen molar-refractivity contribution in [3.8, 4) is 0 Å². The Hall–Kier alpha value is -2.04. The Morgan fingerprint density at radius 1 is 1.56 bits per heavy atom. The summed E-state index contributed by atoms with van der Waals surface area (Å²) in [7, 11) is 0. The Morgan fingerprint density at radius 3 is 3.12 bits per heavy atom. The van der Waals surface area contributed by atoms with Crippen molar-refractivity contribution in [2.24, 2.45) is 9.98 Å². The molecule has 0 aliphatic carbocycles. The summed E-state index contributed by atoms with van der Waals surface area (Å²) in [5.41, 5.74) is 0.517. The van der Waals surface area contributed by atoms with Gasteiger partial charge in [-0.1, -0.05) is 0 Å². The van der Waals surface area contributed by atoms with Crippen molar-refractivity contribution in [2.45, 2.75) is 13.0 Å². The second kappa shape index (κ2) is 4.22. The van der Waals surface area contributed by atoms with E-state index in [4.69, 9.17) is 4.74 Å². The van der Waals surface area contributed by atoms with Crippen LogP contribution in [0.25, 0.3) is 0 Å². The predicted molar refractivity (Wildman–Crippen MR) is 58.6 cm³/mol. The monoisotopic (exact) mass is 218 g/mol. The van der Waals surface area contributed by atoms with Gasteiger partial charge in [0, 0.05) is 12.4 Å². The van der Waals surface area contributed by atoms with E-state index >= 15 is 0 Å². The van der Waals surface area contributed by atoms with E-state index in [0.717, 1.165) is 0 Å². The molecule has 0 aromatic rings. The molecule has 82 valence electrons. The Balaban J connectivity index is 2.29. The number of hydrogen-bond acceptors (Lipinski definition) is 5. The average molecular weight is 218 g/mol. The molecule has 2 aliphatic heterocycles. The van der Waals surface area contributed by atoms with Crippen molar-refractivity contribution >= 4 is 23.7 Å². The van der Waals surface area contributed by atoms with E-state index in [1.165, 1.54) is 12.4 Å². The number of carbonyl (C=O) groups excluding carboxylic acids is 2. The summed E-state index contributed by atoms with van der Waals surface area (Å²) >= 11 is 0. The number of aliphatic imine (C=N–C) groups is 2. The van der Waals surface area contributed by atoms with E-state index in [1.807, 2.05) is 0 Å². The van der Waals surface area contributed by atoms with Gasteiger partial charge in [-0.3, -0.25) is 14.8 Å². The molecule has 0 aromatic carbocycles. The van der Waals surface area contributed by atoms with Gasteiger partial charge in [0.05, 0.1) is 12.3 Å². The molecule has 0 fully saturated rings. The minimum absolute atomic E-state index is 0.0388. The van der Waals surface area contributed by atoms with Gasteiger partial charge in [-0.2, -0.15) is 0 Å². The van der Waals surface area contributed by atoms with Crippen LogP contribution in [0.3, 0.4) is 0 Å². The first-order valence-electron chi connectivity index (χ1n) is 4.93. The zero-order valence-electron chi connectivity index (χ0n) is 8.71. The molecule has 0 radical (unpaired) electrons. The number of dihydropyridines is 1. The number of ether oxygens (including phenoxy) is 1. The lowest BCUT2D eigenvalue weighted by Gasteiger charge is -2.18. The van der Waals surface area contributed by atoms with Gasteiger partial charge in [0.25, 0.3) is 0 Å². The van der Waals surface area contributed by atoms with Gasteiger partial charge >= 0.3 is 5.97 Å². The Morgan fingerprint density at radius 2 is 2.38 bits per heavy atom. The summed E-state index contributed by atoms with van der Waals surface area (Å²) in [5.74, 6) is -0.996. The van der Waals surface area contributed by atoms with Crippen molar-refractivity contribution in [3.63, 3.8) is 0 Å². The van der Waals surface area contributed by atoms with Gasteiger partial charge in [0.2, 0.25) is 5.78 Å². The quantitative estimate of drug-likeness (QED) is 0.499. The van der Waals surface area contributed by atoms with Crippen LogP contribution in [-0.2, 0) is 14.3 Å². The summed E-state index contributed by atoms with van der Waals surface area (Å²) in [6, 6.07) is -0.686. The van der Waals surface area contributed by atoms with Crippen LogP contribution >= 0.6 is 0 Å². The zero-order chi connectivity index (χ0) is 11.5. The Kier molecular flexibility index (Phi) is 2.76. The number of hydrogen-bond donors (Lipinski definition) is 0. The number of carbonyl (C=O) groups is 2. The van der Waals surface area contributed by atoms with E-state index in [9.17, 15) is 9.59 Å². The number of fused-ring (bicyclic) bond motifs is 1.